The molecule has 6 nitrogen and oxygen atoms in total. The molecule has 3 aromatic carbocycles. The Bertz CT molecular complexity index is 1110. The van der Waals surface area contributed by atoms with Crippen LogP contribution in [-0.4, -0.2) is 22.7 Å². The molecule has 0 saturated carbocycles. The Kier molecular flexibility index (Phi) is 5.33. The van der Waals surface area contributed by atoms with E-state index in [1.54, 1.807) is 24.3 Å². The molecule has 0 fully saturated rings. The van der Waals surface area contributed by atoms with Crippen LogP contribution in [0.1, 0.15) is 5.56 Å². The van der Waals surface area contributed by atoms with Crippen LogP contribution in [0.15, 0.2) is 83.3 Å². The van der Waals surface area contributed by atoms with E-state index >= 15 is 0 Å². The van der Waals surface area contributed by atoms with Gasteiger partial charge in [-0.2, -0.15) is 0 Å². The second-order valence-electron chi connectivity index (χ2n) is 6.45. The van der Waals surface area contributed by atoms with Crippen molar-refractivity contribution in [2.45, 2.75) is 6.92 Å². The molecule has 144 valence electrons. The van der Waals surface area contributed by atoms with Gasteiger partial charge in [-0.1, -0.05) is 36.4 Å². The first-order chi connectivity index (χ1) is 14.2. The molecular weight excluding hydrogens is 366 g/mol. The summed E-state index contributed by atoms with van der Waals surface area (Å²) in [7, 11) is 0. The van der Waals surface area contributed by atoms with Crippen LogP contribution in [0.4, 0.5) is 5.69 Å². The van der Waals surface area contributed by atoms with Gasteiger partial charge in [-0.05, 0) is 55.0 Å². The van der Waals surface area contributed by atoms with Gasteiger partial charge in [0.25, 0.3) is 5.91 Å². The van der Waals surface area contributed by atoms with E-state index in [1.807, 2.05) is 61.5 Å². The molecule has 0 unspecified atom stereocenters. The second-order valence-corrected chi connectivity index (χ2v) is 6.45. The van der Waals surface area contributed by atoms with Crippen molar-refractivity contribution in [3.8, 4) is 28.7 Å². The van der Waals surface area contributed by atoms with Gasteiger partial charge in [0.05, 0.1) is 0 Å². The number of nitrogens with one attached hydrogen (secondary N) is 1. The van der Waals surface area contributed by atoms with E-state index in [0.717, 1.165) is 16.7 Å². The van der Waals surface area contributed by atoms with Crippen molar-refractivity contribution in [3.63, 3.8) is 0 Å². The van der Waals surface area contributed by atoms with Crippen molar-refractivity contribution in [1.82, 2.24) is 10.2 Å². The van der Waals surface area contributed by atoms with Crippen LogP contribution >= 0.6 is 0 Å². The molecule has 4 aromatic rings. The van der Waals surface area contributed by atoms with Gasteiger partial charge in [0.15, 0.2) is 6.61 Å². The second kappa shape index (κ2) is 8.39. The maximum Gasteiger partial charge on any atom is 0.262 e. The van der Waals surface area contributed by atoms with Crippen molar-refractivity contribution in [2.24, 2.45) is 0 Å². The Morgan fingerprint density at radius 3 is 2.34 bits per heavy atom. The molecule has 0 atom stereocenters. The van der Waals surface area contributed by atoms with Gasteiger partial charge in [-0.25, -0.2) is 0 Å². The smallest absolute Gasteiger partial charge is 0.262 e. The van der Waals surface area contributed by atoms with Crippen molar-refractivity contribution in [1.29, 1.82) is 0 Å². The lowest BCUT2D eigenvalue weighted by Crippen LogP contribution is -2.20. The highest BCUT2D eigenvalue weighted by molar-refractivity contribution is 5.92. The quantitative estimate of drug-likeness (QED) is 0.519. The van der Waals surface area contributed by atoms with Gasteiger partial charge < -0.3 is 14.5 Å². The maximum atomic E-state index is 12.1. The summed E-state index contributed by atoms with van der Waals surface area (Å²) in [6.45, 7) is 1.94. The zero-order valence-electron chi connectivity index (χ0n) is 15.8. The fraction of sp³-hybridized carbons (Fsp3) is 0.0870. The van der Waals surface area contributed by atoms with Gasteiger partial charge in [0.1, 0.15) is 5.75 Å². The van der Waals surface area contributed by atoms with E-state index in [2.05, 4.69) is 15.5 Å². The van der Waals surface area contributed by atoms with Crippen LogP contribution in [0.5, 0.6) is 5.75 Å². The molecule has 1 heterocycles. The first-order valence-electron chi connectivity index (χ1n) is 9.17. The summed E-state index contributed by atoms with van der Waals surface area (Å²) in [6.07, 6.45) is 0. The molecule has 0 bridgehead atoms. The van der Waals surface area contributed by atoms with E-state index < -0.39 is 0 Å². The van der Waals surface area contributed by atoms with E-state index in [1.165, 1.54) is 0 Å². The topological polar surface area (TPSA) is 77.2 Å². The number of para-hydroxylation sites is 1. The Balaban J connectivity index is 1.39. The highest BCUT2D eigenvalue weighted by Crippen LogP contribution is 2.26. The number of aromatic nitrogens is 2. The Labute approximate surface area is 168 Å². The van der Waals surface area contributed by atoms with Gasteiger partial charge >= 0.3 is 0 Å². The van der Waals surface area contributed by atoms with Gasteiger partial charge in [-0.3, -0.25) is 4.79 Å². The van der Waals surface area contributed by atoms with Crippen LogP contribution in [0.25, 0.3) is 22.9 Å². The highest BCUT2D eigenvalue weighted by atomic mass is 16.5. The van der Waals surface area contributed by atoms with Crippen molar-refractivity contribution < 1.29 is 13.9 Å². The van der Waals surface area contributed by atoms with Gasteiger partial charge in [0.2, 0.25) is 11.8 Å². The fourth-order valence-electron chi connectivity index (χ4n) is 2.82. The standard InChI is InChI=1S/C23H19N3O3/c1-16-7-5-6-10-20(16)23-26-25-22(29-23)17-11-13-18(14-12-17)24-21(27)15-28-19-8-3-2-4-9-19/h2-14H,15H2,1H3,(H,24,27). The minimum Gasteiger partial charge on any atom is -0.484 e. The predicted octanol–water partition coefficient (Wildman–Crippen LogP) is 4.73. The summed E-state index contributed by atoms with van der Waals surface area (Å²) in [5.41, 5.74) is 3.41. The highest BCUT2D eigenvalue weighted by Gasteiger charge is 2.12. The number of hydrogen-bond donors (Lipinski definition) is 1. The van der Waals surface area contributed by atoms with Crippen molar-refractivity contribution in [3.05, 3.63) is 84.4 Å². The average Bonchev–Trinajstić information content (AvgIpc) is 3.24. The third kappa shape index (κ3) is 4.50. The van der Waals surface area contributed by atoms with E-state index in [9.17, 15) is 4.79 Å². The monoisotopic (exact) mass is 385 g/mol. The molecule has 0 aliphatic heterocycles. The molecule has 0 saturated heterocycles. The molecule has 0 radical (unpaired) electrons. The summed E-state index contributed by atoms with van der Waals surface area (Å²) in [6, 6.07) is 24.3. The number of ether oxygens (including phenoxy) is 1. The van der Waals surface area contributed by atoms with Gasteiger partial charge in [0, 0.05) is 16.8 Å². The molecule has 1 N–H and O–H groups in total. The molecule has 1 aromatic heterocycles. The zero-order valence-corrected chi connectivity index (χ0v) is 15.8. The molecule has 4 rings (SSSR count). The maximum absolute atomic E-state index is 12.1. The summed E-state index contributed by atoms with van der Waals surface area (Å²) in [5, 5.41) is 11.1. The summed E-state index contributed by atoms with van der Waals surface area (Å²) in [5.74, 6) is 1.32. The minimum absolute atomic E-state index is 0.0603. The third-order valence-electron chi connectivity index (χ3n) is 4.33. The summed E-state index contributed by atoms with van der Waals surface area (Å²) < 4.78 is 11.3. The lowest BCUT2D eigenvalue weighted by molar-refractivity contribution is -0.118. The minimum atomic E-state index is -0.235. The number of anilines is 1. The number of hydrogen-bond acceptors (Lipinski definition) is 5. The first kappa shape index (κ1) is 18.4. The van der Waals surface area contributed by atoms with Crippen molar-refractivity contribution in [2.75, 3.05) is 11.9 Å². The number of rotatable bonds is 6. The van der Waals surface area contributed by atoms with E-state index in [4.69, 9.17) is 9.15 Å². The van der Waals surface area contributed by atoms with Gasteiger partial charge in [-0.15, -0.1) is 10.2 Å². The molecular formula is C23H19N3O3. The van der Waals surface area contributed by atoms with E-state index in [-0.39, 0.29) is 12.5 Å². The third-order valence-corrected chi connectivity index (χ3v) is 4.33. The average molecular weight is 385 g/mol. The van der Waals surface area contributed by atoms with Crippen molar-refractivity contribution >= 4 is 11.6 Å². The number of carbonyl (C=O) groups excluding carboxylic acids is 1. The van der Waals surface area contributed by atoms with Crippen LogP contribution in [0.3, 0.4) is 0 Å². The number of carbonyl (C=O) groups is 1. The molecule has 0 aliphatic rings. The number of amides is 1. The summed E-state index contributed by atoms with van der Waals surface area (Å²) >= 11 is 0. The molecule has 29 heavy (non-hydrogen) atoms. The molecule has 6 heteroatoms. The SMILES string of the molecule is Cc1ccccc1-c1nnc(-c2ccc(NC(=O)COc3ccccc3)cc2)o1. The van der Waals surface area contributed by atoms with Crippen LogP contribution in [0, 0.1) is 6.92 Å². The Morgan fingerprint density at radius 1 is 0.897 bits per heavy atom. The molecule has 0 aliphatic carbocycles. The normalized spacial score (nSPS) is 10.5. The zero-order chi connectivity index (χ0) is 20.1. The first-order valence-corrected chi connectivity index (χ1v) is 9.17. The largest absolute Gasteiger partial charge is 0.484 e. The lowest BCUT2D eigenvalue weighted by Gasteiger charge is -2.07. The number of nitrogens with zero attached hydrogens (tertiary/aromatic N) is 2. The Hall–Kier alpha value is -3.93. The lowest BCUT2D eigenvalue weighted by atomic mass is 10.1. The van der Waals surface area contributed by atoms with E-state index in [0.29, 0.717) is 23.2 Å². The Morgan fingerprint density at radius 2 is 1.59 bits per heavy atom. The van der Waals surface area contributed by atoms with Crippen LogP contribution in [-0.2, 0) is 4.79 Å². The predicted molar refractivity (Wildman–Crippen MR) is 110 cm³/mol. The molecule has 0 spiro atoms. The summed E-state index contributed by atoms with van der Waals surface area (Å²) in [4.78, 5) is 12.1. The number of benzene rings is 3. The number of aryl methyl sites for hydroxylation is 1. The van der Waals surface area contributed by atoms with Crippen LogP contribution in [0.2, 0.25) is 0 Å². The van der Waals surface area contributed by atoms with Crippen LogP contribution < -0.4 is 10.1 Å². The fourth-order valence-corrected chi connectivity index (χ4v) is 2.82. The molecule has 1 amide bonds.